The smallest absolute Gasteiger partial charge is 0.325 e. The number of fused-ring (bicyclic) bond motifs is 2. The van der Waals surface area contributed by atoms with Gasteiger partial charge in [0, 0.05) is 41.7 Å². The number of nitrogens with one attached hydrogen (secondary N) is 1. The quantitative estimate of drug-likeness (QED) is 0.102. The number of amides is 2. The standard InChI is InChI=1S/C33H37BrN7O7P/c1-6-46-49(45,47-7-2)48-18-33-14-26(32(44)38-28-10-8-9-27(34)37-28)41(31(33)19(33)3)29(43)17-40-25-12-11-22(23-15-35-21(5)36-16-23)13-24(25)30(39-40)20(4)42/h8-13,15-16,19,26,31H,6-7,14,17-18H2,1-5H3,(H,37,38,44)/t19-,26+,31?,33+/m1/s1. The molecule has 1 aliphatic carbocycles. The first-order valence-corrected chi connectivity index (χ1v) is 18.2. The summed E-state index contributed by atoms with van der Waals surface area (Å²) in [6, 6.07) is 9.35. The van der Waals surface area contributed by atoms with Gasteiger partial charge in [0.05, 0.1) is 25.3 Å². The Morgan fingerprint density at radius 3 is 2.43 bits per heavy atom. The van der Waals surface area contributed by atoms with Crippen molar-refractivity contribution < 1.29 is 32.5 Å². The number of pyridine rings is 1. The van der Waals surface area contributed by atoms with Crippen molar-refractivity contribution in [3.8, 4) is 11.1 Å². The van der Waals surface area contributed by atoms with Gasteiger partial charge in [-0.3, -0.25) is 32.6 Å². The van der Waals surface area contributed by atoms with Crippen LogP contribution in [0.1, 0.15) is 50.4 Å². The molecule has 4 atom stereocenters. The number of carbonyl (C=O) groups is 3. The summed E-state index contributed by atoms with van der Waals surface area (Å²) in [7, 11) is -3.85. The topological polar surface area (TPSA) is 168 Å². The number of anilines is 1. The molecule has 0 radical (unpaired) electrons. The van der Waals surface area contributed by atoms with E-state index in [9.17, 15) is 18.9 Å². The molecule has 14 nitrogen and oxygen atoms in total. The Kier molecular flexibility index (Phi) is 9.84. The van der Waals surface area contributed by atoms with Crippen molar-refractivity contribution in [3.05, 3.63) is 64.9 Å². The number of phosphoric ester groups is 1. The van der Waals surface area contributed by atoms with Crippen LogP contribution in [-0.2, 0) is 34.3 Å². The van der Waals surface area contributed by atoms with Crippen LogP contribution >= 0.6 is 23.8 Å². The minimum atomic E-state index is -3.85. The fourth-order valence-electron chi connectivity index (χ4n) is 6.78. The van der Waals surface area contributed by atoms with Crippen molar-refractivity contribution in [1.82, 2.24) is 29.6 Å². The van der Waals surface area contributed by atoms with Gasteiger partial charge in [-0.15, -0.1) is 0 Å². The van der Waals surface area contributed by atoms with E-state index in [1.165, 1.54) is 11.6 Å². The maximum absolute atomic E-state index is 14.3. The number of aromatic nitrogens is 5. The largest absolute Gasteiger partial charge is 0.474 e. The van der Waals surface area contributed by atoms with E-state index in [-0.39, 0.29) is 56.1 Å². The van der Waals surface area contributed by atoms with E-state index in [1.807, 2.05) is 19.1 Å². The number of aryl methyl sites for hydroxylation is 1. The van der Waals surface area contributed by atoms with Crippen LogP contribution in [0.5, 0.6) is 0 Å². The number of phosphoric acid groups is 1. The highest BCUT2D eigenvalue weighted by Crippen LogP contribution is 2.66. The zero-order chi connectivity index (χ0) is 35.1. The molecule has 2 amide bonds. The Morgan fingerprint density at radius 1 is 1.06 bits per heavy atom. The third-order valence-electron chi connectivity index (χ3n) is 9.18. The normalized spacial score (nSPS) is 21.5. The number of hydrogen-bond donors (Lipinski definition) is 1. The lowest BCUT2D eigenvalue weighted by molar-refractivity contribution is -0.138. The summed E-state index contributed by atoms with van der Waals surface area (Å²) in [5.74, 6) is -0.166. The fourth-order valence-corrected chi connectivity index (χ4v) is 8.38. The summed E-state index contributed by atoms with van der Waals surface area (Å²) in [5.41, 5.74) is 1.71. The average molecular weight is 755 g/mol. The lowest BCUT2D eigenvalue weighted by Crippen LogP contribution is -2.47. The van der Waals surface area contributed by atoms with Crippen molar-refractivity contribution in [2.75, 3.05) is 25.1 Å². The Morgan fingerprint density at radius 2 is 1.78 bits per heavy atom. The Balaban J connectivity index is 1.31. The van der Waals surface area contributed by atoms with E-state index in [0.717, 1.165) is 11.1 Å². The van der Waals surface area contributed by atoms with Gasteiger partial charge in [0.25, 0.3) is 0 Å². The Bertz CT molecular complexity index is 1960. The molecule has 0 spiro atoms. The van der Waals surface area contributed by atoms with Gasteiger partial charge in [0.15, 0.2) is 5.78 Å². The first kappa shape index (κ1) is 35.0. The molecule has 1 saturated carbocycles. The van der Waals surface area contributed by atoms with Crippen molar-refractivity contribution in [3.63, 3.8) is 0 Å². The average Bonchev–Trinajstić information content (AvgIpc) is 3.33. The summed E-state index contributed by atoms with van der Waals surface area (Å²) in [6.07, 6.45) is 3.67. The molecule has 16 heteroatoms. The van der Waals surface area contributed by atoms with Crippen LogP contribution in [0.3, 0.4) is 0 Å². The van der Waals surface area contributed by atoms with Gasteiger partial charge in [0.1, 0.15) is 34.5 Å². The van der Waals surface area contributed by atoms with E-state index in [1.54, 1.807) is 62.3 Å². The highest BCUT2D eigenvalue weighted by Gasteiger charge is 2.73. The number of carbonyl (C=O) groups excluding carboxylic acids is 3. The summed E-state index contributed by atoms with van der Waals surface area (Å²) in [4.78, 5) is 55.3. The molecular weight excluding hydrogens is 717 g/mol. The Hall–Kier alpha value is -3.88. The maximum Gasteiger partial charge on any atom is 0.474 e. The van der Waals surface area contributed by atoms with Gasteiger partial charge in [-0.2, -0.15) is 5.10 Å². The lowest BCUT2D eigenvalue weighted by atomic mass is 9.97. The second-order valence-electron chi connectivity index (χ2n) is 12.2. The second kappa shape index (κ2) is 13.8. The number of halogens is 1. The molecule has 0 bridgehead atoms. The van der Waals surface area contributed by atoms with Gasteiger partial charge in [0.2, 0.25) is 11.8 Å². The number of likely N-dealkylation sites (tertiary alicyclic amines) is 1. The molecule has 2 fully saturated rings. The van der Waals surface area contributed by atoms with Crippen LogP contribution in [0.4, 0.5) is 5.82 Å². The lowest BCUT2D eigenvalue weighted by Gasteiger charge is -2.28. The van der Waals surface area contributed by atoms with Crippen LogP contribution in [-0.4, -0.2) is 79.1 Å². The zero-order valence-corrected chi connectivity index (χ0v) is 30.2. The van der Waals surface area contributed by atoms with Crippen molar-refractivity contribution in [1.29, 1.82) is 0 Å². The van der Waals surface area contributed by atoms with E-state index in [0.29, 0.717) is 27.1 Å². The number of Topliss-reactive ketones (excluding diaryl/α,β-unsaturated/α-hetero) is 1. The summed E-state index contributed by atoms with van der Waals surface area (Å²) < 4.78 is 31.7. The van der Waals surface area contributed by atoms with Crippen molar-refractivity contribution >= 4 is 58.1 Å². The molecule has 1 unspecified atom stereocenters. The predicted octanol–water partition coefficient (Wildman–Crippen LogP) is 5.60. The molecule has 3 aromatic heterocycles. The molecule has 2 aliphatic rings. The molecule has 4 aromatic rings. The second-order valence-corrected chi connectivity index (χ2v) is 14.7. The van der Waals surface area contributed by atoms with Crippen molar-refractivity contribution in [2.24, 2.45) is 11.3 Å². The predicted molar refractivity (Wildman–Crippen MR) is 184 cm³/mol. The first-order valence-electron chi connectivity index (χ1n) is 16.0. The first-order chi connectivity index (χ1) is 23.4. The van der Waals surface area contributed by atoms with E-state index >= 15 is 0 Å². The summed E-state index contributed by atoms with van der Waals surface area (Å²) in [5, 5.41) is 7.98. The number of nitrogens with zero attached hydrogens (tertiary/aromatic N) is 6. The number of piperidine rings is 1. The van der Waals surface area contributed by atoms with Crippen LogP contribution in [0, 0.1) is 18.3 Å². The number of rotatable bonds is 13. The van der Waals surface area contributed by atoms with Gasteiger partial charge >= 0.3 is 7.82 Å². The number of hydrogen-bond acceptors (Lipinski definition) is 11. The van der Waals surface area contributed by atoms with Crippen LogP contribution in [0.2, 0.25) is 0 Å². The fraction of sp³-hybridized carbons (Fsp3) is 0.424. The molecule has 6 rings (SSSR count). The molecule has 1 N–H and O–H groups in total. The molecule has 1 aromatic carbocycles. The highest BCUT2D eigenvalue weighted by molar-refractivity contribution is 9.10. The third-order valence-corrected chi connectivity index (χ3v) is 11.2. The summed E-state index contributed by atoms with van der Waals surface area (Å²) in [6.45, 7) is 8.56. The van der Waals surface area contributed by atoms with Crippen LogP contribution < -0.4 is 5.32 Å². The SMILES string of the molecule is CCOP(=O)(OCC)OC[C@]12C[C@@H](C(=O)Nc3cccc(Br)n3)N(C(=O)Cn3nc(C(C)=O)c4cc(-c5cnc(C)nc5)ccc43)C1[C@H]2C. The molecule has 1 aliphatic heterocycles. The highest BCUT2D eigenvalue weighted by atomic mass is 79.9. The molecule has 4 heterocycles. The van der Waals surface area contributed by atoms with Gasteiger partial charge < -0.3 is 10.2 Å². The maximum atomic E-state index is 14.3. The van der Waals surface area contributed by atoms with E-state index < -0.39 is 31.2 Å². The zero-order valence-electron chi connectivity index (χ0n) is 27.8. The van der Waals surface area contributed by atoms with Gasteiger partial charge in [-0.1, -0.05) is 19.1 Å². The van der Waals surface area contributed by atoms with Crippen molar-refractivity contribution in [2.45, 2.75) is 59.7 Å². The van der Waals surface area contributed by atoms with Crippen LogP contribution in [0.25, 0.3) is 22.0 Å². The van der Waals surface area contributed by atoms with Gasteiger partial charge in [-0.25, -0.2) is 19.5 Å². The van der Waals surface area contributed by atoms with E-state index in [4.69, 9.17) is 13.6 Å². The minimum Gasteiger partial charge on any atom is -0.325 e. The van der Waals surface area contributed by atoms with Crippen LogP contribution in [0.15, 0.2) is 53.4 Å². The van der Waals surface area contributed by atoms with Gasteiger partial charge in [-0.05, 0) is 78.9 Å². The minimum absolute atomic E-state index is 0.0382. The molecule has 49 heavy (non-hydrogen) atoms. The molecule has 1 saturated heterocycles. The molecular formula is C33H37BrN7O7P. The monoisotopic (exact) mass is 753 g/mol. The van der Waals surface area contributed by atoms with E-state index in [2.05, 4.69) is 41.3 Å². The third kappa shape index (κ3) is 6.82. The molecule has 258 valence electrons. The number of ketones is 1. The summed E-state index contributed by atoms with van der Waals surface area (Å²) >= 11 is 3.32. The Labute approximate surface area is 291 Å². The number of benzene rings is 1.